The molecule has 0 atom stereocenters. The monoisotopic (exact) mass is 277 g/mol. The highest BCUT2D eigenvalue weighted by Crippen LogP contribution is 2.46. The van der Waals surface area contributed by atoms with Crippen molar-refractivity contribution in [3.05, 3.63) is 72.1 Å². The summed E-state index contributed by atoms with van der Waals surface area (Å²) in [4.78, 5) is 0. The van der Waals surface area contributed by atoms with E-state index in [1.807, 2.05) is 0 Å². The third-order valence-electron chi connectivity index (χ3n) is 3.58. The van der Waals surface area contributed by atoms with E-state index < -0.39 is 0 Å². The quantitative estimate of drug-likeness (QED) is 0.582. The zero-order valence-corrected chi connectivity index (χ0v) is 12.6. The Bertz CT molecular complexity index is 509. The fourth-order valence-electron chi connectivity index (χ4n) is 2.66. The molecule has 0 spiro atoms. The highest BCUT2D eigenvalue weighted by atomic mass is 31.1. The SMILES string of the molecule is C1=C(P(c2ccccc2)c2ccccc2)CCCC1.[B]. The first kappa shape index (κ1) is 15.1. The van der Waals surface area contributed by atoms with Gasteiger partial charge in [-0.2, -0.15) is 0 Å². The van der Waals surface area contributed by atoms with Crippen LogP contribution in [-0.2, 0) is 0 Å². The average molecular weight is 277 g/mol. The molecule has 2 aromatic rings. The fourth-order valence-corrected chi connectivity index (χ4v) is 5.25. The molecule has 0 aromatic heterocycles. The van der Waals surface area contributed by atoms with Gasteiger partial charge in [-0.1, -0.05) is 66.7 Å². The lowest BCUT2D eigenvalue weighted by Crippen LogP contribution is -2.13. The summed E-state index contributed by atoms with van der Waals surface area (Å²) in [6, 6.07) is 22.0. The smallest absolute Gasteiger partial charge is 0 e. The molecule has 20 heavy (non-hydrogen) atoms. The summed E-state index contributed by atoms with van der Waals surface area (Å²) >= 11 is 0. The van der Waals surface area contributed by atoms with Gasteiger partial charge in [0.25, 0.3) is 0 Å². The van der Waals surface area contributed by atoms with Gasteiger partial charge in [-0.25, -0.2) is 0 Å². The Morgan fingerprint density at radius 3 is 1.70 bits per heavy atom. The minimum atomic E-state index is -0.308. The van der Waals surface area contributed by atoms with Crippen LogP contribution in [0.25, 0.3) is 0 Å². The molecule has 1 aliphatic carbocycles. The Balaban J connectivity index is 0.00000147. The highest BCUT2D eigenvalue weighted by Gasteiger charge is 2.19. The van der Waals surface area contributed by atoms with Gasteiger partial charge in [-0.05, 0) is 49.5 Å². The second-order valence-corrected chi connectivity index (χ2v) is 7.23. The van der Waals surface area contributed by atoms with Crippen LogP contribution in [0.2, 0.25) is 0 Å². The molecule has 2 heteroatoms. The molecule has 0 N–H and O–H groups in total. The van der Waals surface area contributed by atoms with Crippen molar-refractivity contribution in [3.8, 4) is 0 Å². The van der Waals surface area contributed by atoms with Gasteiger partial charge in [-0.15, -0.1) is 0 Å². The fraction of sp³-hybridized carbons (Fsp3) is 0.222. The van der Waals surface area contributed by atoms with Gasteiger partial charge in [0, 0.05) is 8.41 Å². The van der Waals surface area contributed by atoms with Crippen molar-refractivity contribution in [2.24, 2.45) is 0 Å². The normalized spacial score (nSPS) is 14.6. The summed E-state index contributed by atoms with van der Waals surface area (Å²) in [5.74, 6) is 0. The molecule has 1 aliphatic rings. The molecule has 2 aromatic carbocycles. The molecule has 0 bridgehead atoms. The third-order valence-corrected chi connectivity index (χ3v) is 6.19. The molecule has 0 heterocycles. The lowest BCUT2D eigenvalue weighted by atomic mass is 10.1. The van der Waals surface area contributed by atoms with Crippen LogP contribution in [0.3, 0.4) is 0 Å². The summed E-state index contributed by atoms with van der Waals surface area (Å²) < 4.78 is 0. The van der Waals surface area contributed by atoms with Crippen LogP contribution in [0.5, 0.6) is 0 Å². The summed E-state index contributed by atoms with van der Waals surface area (Å²) in [6.45, 7) is 0. The lowest BCUT2D eigenvalue weighted by Gasteiger charge is -2.24. The second-order valence-electron chi connectivity index (χ2n) is 4.95. The molecule has 0 amide bonds. The van der Waals surface area contributed by atoms with Gasteiger partial charge in [0.15, 0.2) is 0 Å². The molecule has 0 saturated carbocycles. The molecule has 0 aliphatic heterocycles. The molecule has 0 nitrogen and oxygen atoms in total. The summed E-state index contributed by atoms with van der Waals surface area (Å²) in [5, 5.41) is 4.63. The Hall–Kier alpha value is -1.33. The topological polar surface area (TPSA) is 0 Å². The van der Waals surface area contributed by atoms with E-state index in [9.17, 15) is 0 Å². The number of hydrogen-bond acceptors (Lipinski definition) is 0. The van der Waals surface area contributed by atoms with Crippen molar-refractivity contribution in [2.75, 3.05) is 0 Å². The van der Waals surface area contributed by atoms with Crippen molar-refractivity contribution in [1.29, 1.82) is 0 Å². The van der Waals surface area contributed by atoms with E-state index in [4.69, 9.17) is 0 Å². The van der Waals surface area contributed by atoms with Crippen LogP contribution < -0.4 is 10.6 Å². The van der Waals surface area contributed by atoms with Crippen molar-refractivity contribution in [2.45, 2.75) is 25.7 Å². The first-order chi connectivity index (χ1) is 9.45. The van der Waals surface area contributed by atoms with E-state index in [1.165, 1.54) is 36.3 Å². The van der Waals surface area contributed by atoms with Crippen molar-refractivity contribution in [3.63, 3.8) is 0 Å². The van der Waals surface area contributed by atoms with E-state index in [1.54, 1.807) is 5.31 Å². The van der Waals surface area contributed by atoms with Gasteiger partial charge in [0.2, 0.25) is 0 Å². The Morgan fingerprint density at radius 2 is 1.25 bits per heavy atom. The zero-order chi connectivity index (χ0) is 12.9. The van der Waals surface area contributed by atoms with Crippen LogP contribution in [0, 0.1) is 0 Å². The predicted molar refractivity (Wildman–Crippen MR) is 91.4 cm³/mol. The Kier molecular flexibility index (Phi) is 5.62. The maximum atomic E-state index is 2.50. The molecule has 0 fully saturated rings. The van der Waals surface area contributed by atoms with E-state index in [2.05, 4.69) is 66.7 Å². The van der Waals surface area contributed by atoms with E-state index in [-0.39, 0.29) is 16.3 Å². The molecule has 3 rings (SSSR count). The highest BCUT2D eigenvalue weighted by molar-refractivity contribution is 7.76. The van der Waals surface area contributed by atoms with Gasteiger partial charge in [-0.3, -0.25) is 0 Å². The van der Waals surface area contributed by atoms with Crippen molar-refractivity contribution >= 4 is 26.9 Å². The predicted octanol–water partition coefficient (Wildman–Crippen LogP) is 4.20. The second kappa shape index (κ2) is 7.46. The van der Waals surface area contributed by atoms with Crippen LogP contribution in [0.1, 0.15) is 25.7 Å². The summed E-state index contributed by atoms with van der Waals surface area (Å²) in [7, 11) is -0.308. The van der Waals surface area contributed by atoms with Crippen molar-refractivity contribution < 1.29 is 0 Å². The summed E-state index contributed by atoms with van der Waals surface area (Å²) in [6.07, 6.45) is 7.74. The van der Waals surface area contributed by atoms with Crippen LogP contribution in [-0.4, -0.2) is 8.41 Å². The van der Waals surface area contributed by atoms with Gasteiger partial charge in [0.05, 0.1) is 0 Å². The zero-order valence-electron chi connectivity index (χ0n) is 11.7. The van der Waals surface area contributed by atoms with E-state index in [0.717, 1.165) is 0 Å². The number of allylic oxidation sites excluding steroid dienone is 2. The van der Waals surface area contributed by atoms with Gasteiger partial charge >= 0.3 is 0 Å². The maximum Gasteiger partial charge on any atom is 0 e. The van der Waals surface area contributed by atoms with Crippen LogP contribution >= 0.6 is 7.92 Å². The largest absolute Gasteiger partial charge is 0.0802 e. The molecule has 0 unspecified atom stereocenters. The van der Waals surface area contributed by atoms with Crippen LogP contribution in [0.4, 0.5) is 0 Å². The first-order valence-electron chi connectivity index (χ1n) is 7.04. The minimum Gasteiger partial charge on any atom is -0.0802 e. The third kappa shape index (κ3) is 3.41. The Morgan fingerprint density at radius 1 is 0.700 bits per heavy atom. The number of rotatable bonds is 3. The number of hydrogen-bond donors (Lipinski definition) is 0. The molecular weight excluding hydrogens is 258 g/mol. The average Bonchev–Trinajstić information content (AvgIpc) is 2.51. The van der Waals surface area contributed by atoms with Crippen molar-refractivity contribution in [1.82, 2.24) is 0 Å². The lowest BCUT2D eigenvalue weighted by molar-refractivity contribution is 0.722. The van der Waals surface area contributed by atoms with Gasteiger partial charge in [0.1, 0.15) is 0 Å². The summed E-state index contributed by atoms with van der Waals surface area (Å²) in [5.41, 5.74) is 0. The molecule has 3 radical (unpaired) electrons. The van der Waals surface area contributed by atoms with E-state index in [0.29, 0.717) is 0 Å². The molecule has 99 valence electrons. The standard InChI is InChI=1S/C18H19P.B/c1-4-10-16(11-5-1)19(17-12-6-2-7-13-17)18-14-8-3-9-15-18;/h1-2,4-7,10-14H,3,8-9,15H2;. The van der Waals surface area contributed by atoms with E-state index >= 15 is 0 Å². The van der Waals surface area contributed by atoms with Gasteiger partial charge < -0.3 is 0 Å². The first-order valence-corrected chi connectivity index (χ1v) is 8.38. The minimum absolute atomic E-state index is 0. The van der Waals surface area contributed by atoms with Crippen LogP contribution in [0.15, 0.2) is 72.1 Å². The molecular formula is C18H19BP. The Labute approximate surface area is 125 Å². The maximum absolute atomic E-state index is 2.50. The molecule has 0 saturated heterocycles. The number of benzene rings is 2.